The van der Waals surface area contributed by atoms with E-state index in [9.17, 15) is 4.79 Å². The van der Waals surface area contributed by atoms with Crippen LogP contribution in [0.25, 0.3) is 5.69 Å². The Morgan fingerprint density at radius 1 is 1.33 bits per heavy atom. The summed E-state index contributed by atoms with van der Waals surface area (Å²) in [7, 11) is 0. The molecule has 0 N–H and O–H groups in total. The molecule has 1 heterocycles. The number of aryl methyl sites for hydroxylation is 2. The molecule has 1 aromatic carbocycles. The molecule has 2 aromatic rings. The fraction of sp³-hybridized carbons (Fsp3) is 0.308. The van der Waals surface area contributed by atoms with Gasteiger partial charge in [0.05, 0.1) is 10.7 Å². The topological polar surface area (TPSA) is 47.8 Å². The van der Waals surface area contributed by atoms with Crippen molar-refractivity contribution in [3.05, 3.63) is 40.4 Å². The predicted octanol–water partition coefficient (Wildman–Crippen LogP) is 2.86. The number of aromatic nitrogens is 3. The van der Waals surface area contributed by atoms with Crippen LogP contribution in [0.4, 0.5) is 0 Å². The van der Waals surface area contributed by atoms with E-state index in [2.05, 4.69) is 10.1 Å². The van der Waals surface area contributed by atoms with Gasteiger partial charge in [-0.3, -0.25) is 4.79 Å². The van der Waals surface area contributed by atoms with Crippen molar-refractivity contribution in [2.75, 3.05) is 0 Å². The molecule has 4 nitrogen and oxygen atoms in total. The highest BCUT2D eigenvalue weighted by Crippen LogP contribution is 2.19. The van der Waals surface area contributed by atoms with Crippen LogP contribution in [0, 0.1) is 0 Å². The molecule has 2 rings (SSSR count). The van der Waals surface area contributed by atoms with E-state index in [1.807, 2.05) is 19.9 Å². The third-order valence-corrected chi connectivity index (χ3v) is 3.03. The molecule has 0 amide bonds. The van der Waals surface area contributed by atoms with Crippen molar-refractivity contribution in [1.82, 2.24) is 14.8 Å². The molecule has 0 aliphatic carbocycles. The Morgan fingerprint density at radius 3 is 2.67 bits per heavy atom. The van der Waals surface area contributed by atoms with Gasteiger partial charge in [0.15, 0.2) is 12.1 Å². The van der Waals surface area contributed by atoms with E-state index in [1.54, 1.807) is 16.8 Å². The maximum absolute atomic E-state index is 10.7. The molecule has 0 radical (unpaired) electrons. The first-order valence-corrected chi connectivity index (χ1v) is 6.27. The highest BCUT2D eigenvalue weighted by atomic mass is 35.5. The van der Waals surface area contributed by atoms with Gasteiger partial charge in [0.2, 0.25) is 0 Å². The molecule has 0 aliphatic rings. The summed E-state index contributed by atoms with van der Waals surface area (Å²) in [5.74, 6) is 1.70. The largest absolute Gasteiger partial charge is 0.298 e. The zero-order valence-corrected chi connectivity index (χ0v) is 11.1. The van der Waals surface area contributed by atoms with Gasteiger partial charge in [0, 0.05) is 18.4 Å². The first kappa shape index (κ1) is 12.8. The Morgan fingerprint density at radius 2 is 2.11 bits per heavy atom. The third-order valence-electron chi connectivity index (χ3n) is 2.71. The summed E-state index contributed by atoms with van der Waals surface area (Å²) in [4.78, 5) is 15.2. The molecule has 0 saturated heterocycles. The van der Waals surface area contributed by atoms with Crippen LogP contribution in [-0.2, 0) is 12.8 Å². The Bertz CT molecular complexity index is 578. The minimum Gasteiger partial charge on any atom is -0.298 e. The molecule has 0 fully saturated rings. The van der Waals surface area contributed by atoms with Crippen LogP contribution in [0.3, 0.4) is 0 Å². The zero-order chi connectivity index (χ0) is 13.1. The lowest BCUT2D eigenvalue weighted by molar-refractivity contribution is 0.112. The van der Waals surface area contributed by atoms with E-state index < -0.39 is 0 Å². The van der Waals surface area contributed by atoms with Gasteiger partial charge >= 0.3 is 0 Å². The van der Waals surface area contributed by atoms with Crippen LogP contribution in [-0.4, -0.2) is 21.1 Å². The van der Waals surface area contributed by atoms with E-state index >= 15 is 0 Å². The SMILES string of the molecule is CCc1nc(CC)n(-c2ccc(C=O)c(Cl)c2)n1. The molecule has 0 spiro atoms. The molecule has 5 heteroatoms. The molecular weight excluding hydrogens is 250 g/mol. The van der Waals surface area contributed by atoms with E-state index in [0.717, 1.165) is 36.5 Å². The van der Waals surface area contributed by atoms with Crippen molar-refractivity contribution in [2.45, 2.75) is 26.7 Å². The number of aldehydes is 1. The van der Waals surface area contributed by atoms with E-state index in [-0.39, 0.29) is 0 Å². The first-order valence-electron chi connectivity index (χ1n) is 5.89. The minimum atomic E-state index is 0.429. The smallest absolute Gasteiger partial charge is 0.151 e. The number of carbonyl (C=O) groups excluding carboxylic acids is 1. The van der Waals surface area contributed by atoms with Crippen LogP contribution in [0.1, 0.15) is 35.9 Å². The second-order valence-electron chi connectivity index (χ2n) is 3.89. The fourth-order valence-corrected chi connectivity index (χ4v) is 1.94. The van der Waals surface area contributed by atoms with Gasteiger partial charge in [0.25, 0.3) is 0 Å². The summed E-state index contributed by atoms with van der Waals surface area (Å²) < 4.78 is 1.78. The number of hydrogen-bond donors (Lipinski definition) is 0. The van der Waals surface area contributed by atoms with Crippen molar-refractivity contribution < 1.29 is 4.79 Å². The number of rotatable bonds is 4. The first-order chi connectivity index (χ1) is 8.69. The monoisotopic (exact) mass is 263 g/mol. The van der Waals surface area contributed by atoms with Crippen LogP contribution in [0.5, 0.6) is 0 Å². The van der Waals surface area contributed by atoms with Gasteiger partial charge in [-0.15, -0.1) is 0 Å². The van der Waals surface area contributed by atoms with Gasteiger partial charge in [0.1, 0.15) is 5.82 Å². The van der Waals surface area contributed by atoms with E-state index in [0.29, 0.717) is 10.6 Å². The second-order valence-corrected chi connectivity index (χ2v) is 4.29. The van der Waals surface area contributed by atoms with Crippen molar-refractivity contribution in [1.29, 1.82) is 0 Å². The zero-order valence-electron chi connectivity index (χ0n) is 10.4. The number of benzene rings is 1. The van der Waals surface area contributed by atoms with Gasteiger partial charge in [-0.2, -0.15) is 5.10 Å². The summed E-state index contributed by atoms with van der Waals surface area (Å²) in [5, 5.41) is 4.85. The summed E-state index contributed by atoms with van der Waals surface area (Å²) in [6, 6.07) is 5.25. The quantitative estimate of drug-likeness (QED) is 0.797. The van der Waals surface area contributed by atoms with Crippen molar-refractivity contribution in [3.63, 3.8) is 0 Å². The normalized spacial score (nSPS) is 10.6. The van der Waals surface area contributed by atoms with E-state index in [1.165, 1.54) is 0 Å². The maximum atomic E-state index is 10.7. The maximum Gasteiger partial charge on any atom is 0.151 e. The van der Waals surface area contributed by atoms with Crippen molar-refractivity contribution in [2.24, 2.45) is 0 Å². The molecule has 0 atom stereocenters. The van der Waals surface area contributed by atoms with Gasteiger partial charge in [-0.25, -0.2) is 9.67 Å². The lowest BCUT2D eigenvalue weighted by Crippen LogP contribution is -2.02. The molecule has 0 saturated carbocycles. The Hall–Kier alpha value is -1.68. The summed E-state index contributed by atoms with van der Waals surface area (Å²) >= 11 is 6.02. The number of nitrogens with zero attached hydrogens (tertiary/aromatic N) is 3. The standard InChI is InChI=1S/C13H14ClN3O/c1-3-12-15-13(4-2)17(16-12)10-6-5-9(8-18)11(14)7-10/h5-8H,3-4H2,1-2H3. The van der Waals surface area contributed by atoms with Gasteiger partial charge in [-0.05, 0) is 18.2 Å². The van der Waals surface area contributed by atoms with Crippen LogP contribution in [0.2, 0.25) is 5.02 Å². The molecule has 1 aromatic heterocycles. The minimum absolute atomic E-state index is 0.429. The highest BCUT2D eigenvalue weighted by Gasteiger charge is 2.10. The lowest BCUT2D eigenvalue weighted by Gasteiger charge is -2.05. The molecule has 94 valence electrons. The molecule has 0 bridgehead atoms. The van der Waals surface area contributed by atoms with Crippen molar-refractivity contribution >= 4 is 17.9 Å². The number of halogens is 1. The fourth-order valence-electron chi connectivity index (χ4n) is 1.72. The highest BCUT2D eigenvalue weighted by molar-refractivity contribution is 6.33. The Kier molecular flexibility index (Phi) is 3.77. The number of carbonyl (C=O) groups is 1. The van der Waals surface area contributed by atoms with E-state index in [4.69, 9.17) is 11.6 Å². The Labute approximate surface area is 111 Å². The molecule has 0 aliphatic heterocycles. The number of hydrogen-bond acceptors (Lipinski definition) is 3. The molecular formula is C13H14ClN3O. The van der Waals surface area contributed by atoms with Crippen molar-refractivity contribution in [3.8, 4) is 5.69 Å². The molecule has 18 heavy (non-hydrogen) atoms. The Balaban J connectivity index is 2.50. The predicted molar refractivity (Wildman–Crippen MR) is 70.5 cm³/mol. The third kappa shape index (κ3) is 2.29. The summed E-state index contributed by atoms with van der Waals surface area (Å²) in [6.07, 6.45) is 2.33. The van der Waals surface area contributed by atoms with Crippen LogP contribution < -0.4 is 0 Å². The van der Waals surface area contributed by atoms with Crippen LogP contribution >= 0.6 is 11.6 Å². The lowest BCUT2D eigenvalue weighted by atomic mass is 10.2. The second kappa shape index (κ2) is 5.31. The van der Waals surface area contributed by atoms with Gasteiger partial charge in [-0.1, -0.05) is 25.4 Å². The molecule has 0 unspecified atom stereocenters. The average molecular weight is 264 g/mol. The average Bonchev–Trinajstić information content (AvgIpc) is 2.82. The summed E-state index contributed by atoms with van der Waals surface area (Å²) in [6.45, 7) is 4.04. The summed E-state index contributed by atoms with van der Waals surface area (Å²) in [5.41, 5.74) is 1.31. The van der Waals surface area contributed by atoms with Crippen LogP contribution in [0.15, 0.2) is 18.2 Å². The van der Waals surface area contributed by atoms with Gasteiger partial charge < -0.3 is 0 Å².